The molecule has 0 aliphatic rings. The van der Waals surface area contributed by atoms with Crippen LogP contribution in [0.1, 0.15) is 36.8 Å². The molecule has 0 amide bonds. The van der Waals surface area contributed by atoms with E-state index >= 15 is 0 Å². The molecule has 0 aliphatic heterocycles. The lowest BCUT2D eigenvalue weighted by atomic mass is 10.1. The summed E-state index contributed by atoms with van der Waals surface area (Å²) in [4.78, 5) is 6.33. The molecule has 0 saturated carbocycles. The average Bonchev–Trinajstić information content (AvgIpc) is 3.23. The van der Waals surface area contributed by atoms with Gasteiger partial charge in [0.25, 0.3) is 0 Å². The third-order valence-electron chi connectivity index (χ3n) is 4.14. The van der Waals surface area contributed by atoms with E-state index in [-0.39, 0.29) is 17.4 Å². The Kier molecular flexibility index (Phi) is 5.36. The summed E-state index contributed by atoms with van der Waals surface area (Å²) in [6.45, 7) is 6.86. The van der Waals surface area contributed by atoms with Crippen molar-refractivity contribution < 1.29 is 22.1 Å². The number of aryl methyl sites for hydroxylation is 1. The Morgan fingerprint density at radius 2 is 1.89 bits per heavy atom. The second kappa shape index (κ2) is 7.56. The maximum Gasteiger partial charge on any atom is 0.416 e. The van der Waals surface area contributed by atoms with Gasteiger partial charge in [-0.3, -0.25) is 4.90 Å². The van der Waals surface area contributed by atoms with Crippen molar-refractivity contribution in [2.24, 2.45) is 0 Å². The molecule has 0 atom stereocenters. The molecule has 5 nitrogen and oxygen atoms in total. The first kappa shape index (κ1) is 19.2. The van der Waals surface area contributed by atoms with Gasteiger partial charge in [0.15, 0.2) is 0 Å². The van der Waals surface area contributed by atoms with Gasteiger partial charge in [-0.2, -0.15) is 18.2 Å². The van der Waals surface area contributed by atoms with E-state index in [1.54, 1.807) is 0 Å². The van der Waals surface area contributed by atoms with Gasteiger partial charge in [0.2, 0.25) is 11.7 Å². The molecule has 144 valence electrons. The molecule has 0 N–H and O–H groups in total. The minimum absolute atomic E-state index is 0.133. The molecule has 0 spiro atoms. The van der Waals surface area contributed by atoms with Crippen LogP contribution in [-0.2, 0) is 19.3 Å². The zero-order valence-corrected chi connectivity index (χ0v) is 15.2. The zero-order valence-electron chi connectivity index (χ0n) is 15.2. The lowest BCUT2D eigenvalue weighted by molar-refractivity contribution is -0.137. The van der Waals surface area contributed by atoms with Crippen LogP contribution in [-0.4, -0.2) is 21.1 Å². The minimum Gasteiger partial charge on any atom is -0.465 e. The van der Waals surface area contributed by atoms with E-state index in [0.29, 0.717) is 19.0 Å². The summed E-state index contributed by atoms with van der Waals surface area (Å²) in [6.07, 6.45) is -4.42. The second-order valence-corrected chi connectivity index (χ2v) is 6.60. The van der Waals surface area contributed by atoms with Crippen LogP contribution < -0.4 is 0 Å². The monoisotopic (exact) mass is 379 g/mol. The first-order chi connectivity index (χ1) is 12.7. The fraction of sp³-hybridized carbons (Fsp3) is 0.368. The van der Waals surface area contributed by atoms with Gasteiger partial charge >= 0.3 is 6.18 Å². The summed E-state index contributed by atoms with van der Waals surface area (Å²) in [5.41, 5.74) is -0.485. The molecule has 3 aromatic rings. The lowest BCUT2D eigenvalue weighted by Crippen LogP contribution is -2.29. The van der Waals surface area contributed by atoms with Crippen LogP contribution in [0.15, 0.2) is 45.3 Å². The van der Waals surface area contributed by atoms with E-state index in [4.69, 9.17) is 8.94 Å². The van der Waals surface area contributed by atoms with E-state index in [1.807, 2.05) is 32.9 Å². The predicted octanol–water partition coefficient (Wildman–Crippen LogP) is 5.07. The molecule has 1 aromatic carbocycles. The third kappa shape index (κ3) is 4.77. The Bertz CT molecular complexity index is 899. The van der Waals surface area contributed by atoms with Crippen molar-refractivity contribution in [1.29, 1.82) is 0 Å². The SMILES string of the molecule is Cc1ccc(CN(Cc2nc(-c3cccc(C(F)(F)F)c3)no2)C(C)C)o1. The van der Waals surface area contributed by atoms with E-state index in [1.165, 1.54) is 12.1 Å². The largest absolute Gasteiger partial charge is 0.465 e. The fourth-order valence-electron chi connectivity index (χ4n) is 2.64. The van der Waals surface area contributed by atoms with Crippen molar-refractivity contribution in [1.82, 2.24) is 15.0 Å². The number of nitrogens with zero attached hydrogens (tertiary/aromatic N) is 3. The van der Waals surface area contributed by atoms with Crippen molar-refractivity contribution in [2.75, 3.05) is 0 Å². The smallest absolute Gasteiger partial charge is 0.416 e. The number of alkyl halides is 3. The first-order valence-electron chi connectivity index (χ1n) is 8.52. The quantitative estimate of drug-likeness (QED) is 0.599. The number of benzene rings is 1. The number of furan rings is 1. The summed E-state index contributed by atoms with van der Waals surface area (Å²) in [5.74, 6) is 2.12. The van der Waals surface area contributed by atoms with Gasteiger partial charge < -0.3 is 8.94 Å². The molecule has 0 unspecified atom stereocenters. The summed E-state index contributed by atoms with van der Waals surface area (Å²) in [5, 5.41) is 3.83. The van der Waals surface area contributed by atoms with Crippen LogP contribution in [0.2, 0.25) is 0 Å². The predicted molar refractivity (Wildman–Crippen MR) is 92.6 cm³/mol. The Morgan fingerprint density at radius 3 is 2.52 bits per heavy atom. The average molecular weight is 379 g/mol. The van der Waals surface area contributed by atoms with E-state index in [9.17, 15) is 13.2 Å². The summed E-state index contributed by atoms with van der Waals surface area (Å²) in [7, 11) is 0. The first-order valence-corrected chi connectivity index (χ1v) is 8.52. The van der Waals surface area contributed by atoms with E-state index in [0.717, 1.165) is 23.7 Å². The van der Waals surface area contributed by atoms with Crippen LogP contribution in [0.25, 0.3) is 11.4 Å². The Hall–Kier alpha value is -2.61. The molecule has 0 fully saturated rings. The van der Waals surface area contributed by atoms with Gasteiger partial charge in [-0.1, -0.05) is 17.3 Å². The highest BCUT2D eigenvalue weighted by atomic mass is 19.4. The fourth-order valence-corrected chi connectivity index (χ4v) is 2.64. The van der Waals surface area contributed by atoms with Gasteiger partial charge in [0, 0.05) is 11.6 Å². The van der Waals surface area contributed by atoms with Gasteiger partial charge in [0.05, 0.1) is 18.7 Å². The molecule has 0 saturated heterocycles. The van der Waals surface area contributed by atoms with Gasteiger partial charge in [-0.25, -0.2) is 0 Å². The molecular weight excluding hydrogens is 359 g/mol. The van der Waals surface area contributed by atoms with E-state index in [2.05, 4.69) is 15.0 Å². The number of aromatic nitrogens is 2. The minimum atomic E-state index is -4.42. The molecule has 0 radical (unpaired) electrons. The summed E-state index contributed by atoms with van der Waals surface area (Å²) < 4.78 is 49.5. The van der Waals surface area contributed by atoms with Crippen LogP contribution in [0.5, 0.6) is 0 Å². The molecule has 0 bridgehead atoms. The van der Waals surface area contributed by atoms with E-state index < -0.39 is 11.7 Å². The number of hydrogen-bond donors (Lipinski definition) is 0. The number of halogens is 3. The van der Waals surface area contributed by atoms with Crippen molar-refractivity contribution in [3.8, 4) is 11.4 Å². The summed E-state index contributed by atoms with van der Waals surface area (Å²) >= 11 is 0. The van der Waals surface area contributed by atoms with Crippen molar-refractivity contribution in [2.45, 2.75) is 46.1 Å². The molecule has 3 rings (SSSR count). The van der Waals surface area contributed by atoms with Gasteiger partial charge in [0.1, 0.15) is 11.5 Å². The highest BCUT2D eigenvalue weighted by Gasteiger charge is 2.30. The van der Waals surface area contributed by atoms with Crippen LogP contribution >= 0.6 is 0 Å². The zero-order chi connectivity index (χ0) is 19.6. The number of rotatable bonds is 6. The molecule has 0 aliphatic carbocycles. The molecule has 27 heavy (non-hydrogen) atoms. The standard InChI is InChI=1S/C19H20F3N3O2/c1-12(2)25(10-16-8-7-13(3)26-16)11-17-23-18(24-27-17)14-5-4-6-15(9-14)19(20,21)22/h4-9,12H,10-11H2,1-3H3. The normalized spacial score (nSPS) is 12.3. The highest BCUT2D eigenvalue weighted by Crippen LogP contribution is 2.31. The van der Waals surface area contributed by atoms with Crippen molar-refractivity contribution in [3.05, 3.63) is 59.4 Å². The second-order valence-electron chi connectivity index (χ2n) is 6.60. The molecule has 2 heterocycles. The van der Waals surface area contributed by atoms with Crippen LogP contribution in [0, 0.1) is 6.92 Å². The topological polar surface area (TPSA) is 55.3 Å². The summed E-state index contributed by atoms with van der Waals surface area (Å²) in [6, 6.07) is 8.86. The Morgan fingerprint density at radius 1 is 1.11 bits per heavy atom. The maximum atomic E-state index is 12.9. The van der Waals surface area contributed by atoms with Crippen molar-refractivity contribution in [3.63, 3.8) is 0 Å². The van der Waals surface area contributed by atoms with Crippen LogP contribution in [0.3, 0.4) is 0 Å². The highest BCUT2D eigenvalue weighted by molar-refractivity contribution is 5.55. The molecule has 2 aromatic heterocycles. The van der Waals surface area contributed by atoms with Crippen molar-refractivity contribution >= 4 is 0 Å². The van der Waals surface area contributed by atoms with Gasteiger partial charge in [-0.15, -0.1) is 0 Å². The Balaban J connectivity index is 1.76. The van der Waals surface area contributed by atoms with Gasteiger partial charge in [-0.05, 0) is 45.0 Å². The molecular formula is C19H20F3N3O2. The Labute approximate surface area is 154 Å². The lowest BCUT2D eigenvalue weighted by Gasteiger charge is -2.23. The third-order valence-corrected chi connectivity index (χ3v) is 4.14. The maximum absolute atomic E-state index is 12.9. The number of hydrogen-bond acceptors (Lipinski definition) is 5. The molecule has 8 heteroatoms. The van der Waals surface area contributed by atoms with Crippen LogP contribution in [0.4, 0.5) is 13.2 Å².